The first-order valence-electron chi connectivity index (χ1n) is 7.63. The van der Waals surface area contributed by atoms with Crippen LogP contribution in [-0.4, -0.2) is 58.4 Å². The number of carbonyl (C=O) groups is 1. The molecule has 5 atom stereocenters. The van der Waals surface area contributed by atoms with Crippen molar-refractivity contribution >= 4 is 29.1 Å². The fourth-order valence-corrected chi connectivity index (χ4v) is 4.14. The number of hydrogen-bond acceptors (Lipinski definition) is 4. The molecule has 5 N–H and O–H groups in total. The summed E-state index contributed by atoms with van der Waals surface area (Å²) in [5.41, 5.74) is 11.8. The average Bonchev–Trinajstić information content (AvgIpc) is 2.49. The molecule has 2 rings (SSSR count). The second kappa shape index (κ2) is 7.47. The van der Waals surface area contributed by atoms with Crippen LogP contribution in [0.5, 0.6) is 0 Å². The fourth-order valence-electron chi connectivity index (χ4n) is 3.54. The van der Waals surface area contributed by atoms with E-state index in [9.17, 15) is 9.90 Å². The van der Waals surface area contributed by atoms with Gasteiger partial charge < -0.3 is 21.5 Å². The van der Waals surface area contributed by atoms with Gasteiger partial charge in [0.05, 0.1) is 23.4 Å². The van der Waals surface area contributed by atoms with Crippen molar-refractivity contribution in [3.8, 4) is 0 Å². The molecule has 0 aromatic carbocycles. The standard InChI is InChI=1S/C14H25Cl2N3O2/c15-10-5-9(12(20)6-11(10)16)14(18)8-1-3-19(4-2-8)13(21)7-17/h8-12,14,20H,1-7,17-18H2/t9?,10?,11?,12?,14-/m1/s1. The third kappa shape index (κ3) is 4.02. The molecular weight excluding hydrogens is 313 g/mol. The van der Waals surface area contributed by atoms with Gasteiger partial charge >= 0.3 is 0 Å². The van der Waals surface area contributed by atoms with Gasteiger partial charge in [-0.15, -0.1) is 23.2 Å². The zero-order chi connectivity index (χ0) is 15.6. The molecule has 21 heavy (non-hydrogen) atoms. The van der Waals surface area contributed by atoms with Crippen molar-refractivity contribution in [2.75, 3.05) is 19.6 Å². The quantitative estimate of drug-likeness (QED) is 0.653. The number of likely N-dealkylation sites (tertiary alicyclic amines) is 1. The highest BCUT2D eigenvalue weighted by Crippen LogP contribution is 2.36. The van der Waals surface area contributed by atoms with Gasteiger partial charge in [0.15, 0.2) is 0 Å². The van der Waals surface area contributed by atoms with Crippen molar-refractivity contribution < 1.29 is 9.90 Å². The van der Waals surface area contributed by atoms with E-state index in [1.54, 1.807) is 4.90 Å². The number of carbonyl (C=O) groups excluding carboxylic acids is 1. The zero-order valence-electron chi connectivity index (χ0n) is 12.1. The maximum atomic E-state index is 11.6. The van der Waals surface area contributed by atoms with Crippen LogP contribution in [0.4, 0.5) is 0 Å². The molecule has 1 saturated heterocycles. The van der Waals surface area contributed by atoms with E-state index in [-0.39, 0.29) is 35.2 Å². The van der Waals surface area contributed by atoms with Crippen molar-refractivity contribution in [1.29, 1.82) is 0 Å². The zero-order valence-corrected chi connectivity index (χ0v) is 13.6. The van der Waals surface area contributed by atoms with E-state index in [1.807, 2.05) is 0 Å². The molecular formula is C14H25Cl2N3O2. The Morgan fingerprint density at radius 2 is 1.81 bits per heavy atom. The number of aliphatic hydroxyl groups is 1. The summed E-state index contributed by atoms with van der Waals surface area (Å²) in [6.07, 6.45) is 2.38. The van der Waals surface area contributed by atoms with Crippen LogP contribution in [0.15, 0.2) is 0 Å². The van der Waals surface area contributed by atoms with E-state index in [0.29, 0.717) is 31.8 Å². The minimum Gasteiger partial charge on any atom is -0.393 e. The van der Waals surface area contributed by atoms with Gasteiger partial charge in [-0.05, 0) is 31.6 Å². The molecule has 1 saturated carbocycles. The van der Waals surface area contributed by atoms with E-state index in [4.69, 9.17) is 34.7 Å². The van der Waals surface area contributed by atoms with E-state index >= 15 is 0 Å². The molecule has 122 valence electrons. The Labute approximate surface area is 135 Å². The predicted molar refractivity (Wildman–Crippen MR) is 84.3 cm³/mol. The highest BCUT2D eigenvalue weighted by molar-refractivity contribution is 6.30. The molecule has 1 heterocycles. The largest absolute Gasteiger partial charge is 0.393 e. The predicted octanol–water partition coefficient (Wildman–Crippen LogP) is 0.497. The number of rotatable bonds is 3. The summed E-state index contributed by atoms with van der Waals surface area (Å²) in [6, 6.07) is -0.0967. The molecule has 2 fully saturated rings. The van der Waals surface area contributed by atoms with Crippen LogP contribution in [0, 0.1) is 11.8 Å². The summed E-state index contributed by atoms with van der Waals surface area (Å²) in [4.78, 5) is 13.4. The van der Waals surface area contributed by atoms with Crippen molar-refractivity contribution in [3.05, 3.63) is 0 Å². The Balaban J connectivity index is 1.89. The third-order valence-corrected chi connectivity index (χ3v) is 6.05. The Bertz CT molecular complexity index is 364. The molecule has 0 aromatic heterocycles. The Morgan fingerprint density at radius 1 is 1.24 bits per heavy atom. The number of nitrogens with two attached hydrogens (primary N) is 2. The first-order valence-corrected chi connectivity index (χ1v) is 8.51. The first kappa shape index (κ1) is 17.3. The molecule has 0 bridgehead atoms. The summed E-state index contributed by atoms with van der Waals surface area (Å²) >= 11 is 12.3. The highest BCUT2D eigenvalue weighted by Gasteiger charge is 2.40. The smallest absolute Gasteiger partial charge is 0.236 e. The van der Waals surface area contributed by atoms with Crippen molar-refractivity contribution in [2.45, 2.75) is 48.6 Å². The van der Waals surface area contributed by atoms with Gasteiger partial charge in [0.1, 0.15) is 0 Å². The average molecular weight is 338 g/mol. The third-order valence-electron chi connectivity index (χ3n) is 4.96. The summed E-state index contributed by atoms with van der Waals surface area (Å²) < 4.78 is 0. The molecule has 5 nitrogen and oxygen atoms in total. The molecule has 0 aromatic rings. The Hall–Kier alpha value is -0.0700. The van der Waals surface area contributed by atoms with Crippen molar-refractivity contribution in [1.82, 2.24) is 4.90 Å². The normalized spacial score (nSPS) is 36.5. The summed E-state index contributed by atoms with van der Waals surface area (Å²) in [5.74, 6) is 0.289. The minimum atomic E-state index is -0.485. The van der Waals surface area contributed by atoms with Gasteiger partial charge in [0, 0.05) is 25.0 Å². The van der Waals surface area contributed by atoms with Crippen LogP contribution >= 0.6 is 23.2 Å². The maximum absolute atomic E-state index is 11.6. The van der Waals surface area contributed by atoms with Gasteiger partial charge in [-0.1, -0.05) is 0 Å². The molecule has 0 spiro atoms. The lowest BCUT2D eigenvalue weighted by atomic mass is 9.74. The number of halogens is 2. The van der Waals surface area contributed by atoms with Gasteiger partial charge in [-0.25, -0.2) is 0 Å². The lowest BCUT2D eigenvalue weighted by Gasteiger charge is -2.42. The van der Waals surface area contributed by atoms with Crippen LogP contribution in [0.25, 0.3) is 0 Å². The van der Waals surface area contributed by atoms with E-state index in [0.717, 1.165) is 12.8 Å². The summed E-state index contributed by atoms with van der Waals surface area (Å²) in [7, 11) is 0. The topological polar surface area (TPSA) is 92.6 Å². The molecule has 1 amide bonds. The van der Waals surface area contributed by atoms with E-state index < -0.39 is 6.10 Å². The lowest BCUT2D eigenvalue weighted by Crippen LogP contribution is -2.52. The number of piperidine rings is 1. The molecule has 2 aliphatic rings. The van der Waals surface area contributed by atoms with Crippen LogP contribution in [-0.2, 0) is 4.79 Å². The highest BCUT2D eigenvalue weighted by atomic mass is 35.5. The number of hydrogen-bond donors (Lipinski definition) is 3. The van der Waals surface area contributed by atoms with Gasteiger partial charge in [0.25, 0.3) is 0 Å². The summed E-state index contributed by atoms with van der Waals surface area (Å²) in [6.45, 7) is 1.45. The monoisotopic (exact) mass is 337 g/mol. The van der Waals surface area contributed by atoms with Gasteiger partial charge in [0.2, 0.25) is 5.91 Å². The SMILES string of the molecule is NCC(=O)N1CCC([C@@H](N)C2CC(Cl)C(Cl)CC2O)CC1. The minimum absolute atomic E-state index is 0.00877. The summed E-state index contributed by atoms with van der Waals surface area (Å²) in [5, 5.41) is 9.91. The van der Waals surface area contributed by atoms with Crippen LogP contribution in [0.2, 0.25) is 0 Å². The van der Waals surface area contributed by atoms with Gasteiger partial charge in [-0.3, -0.25) is 4.79 Å². The van der Waals surface area contributed by atoms with Crippen LogP contribution in [0.3, 0.4) is 0 Å². The second-order valence-electron chi connectivity index (χ2n) is 6.23. The second-order valence-corrected chi connectivity index (χ2v) is 7.36. The van der Waals surface area contributed by atoms with E-state index in [1.165, 1.54) is 0 Å². The maximum Gasteiger partial charge on any atom is 0.236 e. The lowest BCUT2D eigenvalue weighted by molar-refractivity contribution is -0.131. The van der Waals surface area contributed by atoms with Crippen molar-refractivity contribution in [2.24, 2.45) is 23.3 Å². The Kier molecular flexibility index (Phi) is 6.15. The van der Waals surface area contributed by atoms with E-state index in [2.05, 4.69) is 0 Å². The van der Waals surface area contributed by atoms with Crippen LogP contribution < -0.4 is 11.5 Å². The fraction of sp³-hybridized carbons (Fsp3) is 0.929. The number of amides is 1. The van der Waals surface area contributed by atoms with Crippen molar-refractivity contribution in [3.63, 3.8) is 0 Å². The number of alkyl halides is 2. The van der Waals surface area contributed by atoms with Crippen LogP contribution in [0.1, 0.15) is 25.7 Å². The molecule has 4 unspecified atom stereocenters. The molecule has 7 heteroatoms. The molecule has 0 radical (unpaired) electrons. The number of aliphatic hydroxyl groups excluding tert-OH is 1. The molecule has 1 aliphatic heterocycles. The number of nitrogens with zero attached hydrogens (tertiary/aromatic N) is 1. The first-order chi connectivity index (χ1) is 9.93. The van der Waals surface area contributed by atoms with Gasteiger partial charge in [-0.2, -0.15) is 0 Å². The Morgan fingerprint density at radius 3 is 2.38 bits per heavy atom. The molecule has 1 aliphatic carbocycles.